The van der Waals surface area contributed by atoms with Gasteiger partial charge in [-0.3, -0.25) is 0 Å². The van der Waals surface area contributed by atoms with E-state index in [1.165, 1.54) is 12.1 Å². The number of carbonyl (C=O) groups excluding carboxylic acids is 1. The van der Waals surface area contributed by atoms with Gasteiger partial charge in [0, 0.05) is 18.7 Å². The minimum atomic E-state index is -0.309. The average molecular weight is 280 g/mol. The van der Waals surface area contributed by atoms with Gasteiger partial charge < -0.3 is 15.0 Å². The van der Waals surface area contributed by atoms with Crippen molar-refractivity contribution in [3.05, 3.63) is 29.6 Å². The monoisotopic (exact) mass is 280 g/mol. The molecule has 1 unspecified atom stereocenters. The second-order valence-corrected chi connectivity index (χ2v) is 4.85. The number of nitrogens with zero attached hydrogens (tertiary/aromatic N) is 1. The molecule has 1 aliphatic heterocycles. The van der Waals surface area contributed by atoms with E-state index in [9.17, 15) is 9.18 Å². The number of benzene rings is 1. The summed E-state index contributed by atoms with van der Waals surface area (Å²) in [6, 6.07) is 4.15. The van der Waals surface area contributed by atoms with E-state index < -0.39 is 0 Å². The van der Waals surface area contributed by atoms with Crippen LogP contribution in [0.25, 0.3) is 0 Å². The molecule has 4 nitrogen and oxygen atoms in total. The van der Waals surface area contributed by atoms with Crippen molar-refractivity contribution in [1.82, 2.24) is 10.2 Å². The summed E-state index contributed by atoms with van der Waals surface area (Å²) in [5.41, 5.74) is 0.725. The highest BCUT2D eigenvalue weighted by Gasteiger charge is 2.23. The summed E-state index contributed by atoms with van der Waals surface area (Å²) in [5.74, 6) is 0.352. The van der Waals surface area contributed by atoms with Crippen LogP contribution >= 0.6 is 0 Å². The summed E-state index contributed by atoms with van der Waals surface area (Å²) in [6.07, 6.45) is 1.59. The molecule has 1 N–H and O–H groups in total. The van der Waals surface area contributed by atoms with Gasteiger partial charge in [0.05, 0.1) is 12.6 Å². The Morgan fingerprint density at radius 3 is 2.90 bits per heavy atom. The van der Waals surface area contributed by atoms with Crippen LogP contribution in [0.15, 0.2) is 18.2 Å². The van der Waals surface area contributed by atoms with Crippen LogP contribution < -0.4 is 10.1 Å². The van der Waals surface area contributed by atoms with E-state index in [-0.39, 0.29) is 17.9 Å². The van der Waals surface area contributed by atoms with Crippen LogP contribution in [0, 0.1) is 5.82 Å². The van der Waals surface area contributed by atoms with E-state index in [2.05, 4.69) is 5.32 Å². The lowest BCUT2D eigenvalue weighted by Crippen LogP contribution is -2.41. The van der Waals surface area contributed by atoms with E-state index in [1.54, 1.807) is 11.0 Å². The van der Waals surface area contributed by atoms with E-state index in [1.807, 2.05) is 13.8 Å². The van der Waals surface area contributed by atoms with Crippen molar-refractivity contribution in [1.29, 1.82) is 0 Å². The third-order valence-corrected chi connectivity index (χ3v) is 3.59. The van der Waals surface area contributed by atoms with Gasteiger partial charge >= 0.3 is 6.03 Å². The molecule has 110 valence electrons. The maximum absolute atomic E-state index is 13.5. The van der Waals surface area contributed by atoms with Crippen LogP contribution in [0.5, 0.6) is 5.75 Å². The Morgan fingerprint density at radius 1 is 1.45 bits per heavy atom. The zero-order valence-electron chi connectivity index (χ0n) is 12.0. The van der Waals surface area contributed by atoms with Crippen molar-refractivity contribution in [2.24, 2.45) is 0 Å². The van der Waals surface area contributed by atoms with Crippen LogP contribution in [0.4, 0.5) is 9.18 Å². The van der Waals surface area contributed by atoms with E-state index >= 15 is 0 Å². The summed E-state index contributed by atoms with van der Waals surface area (Å²) in [7, 11) is 0. The molecule has 2 amide bonds. The molecule has 0 aliphatic carbocycles. The molecule has 1 aromatic carbocycles. The van der Waals surface area contributed by atoms with E-state index in [0.717, 1.165) is 18.4 Å². The number of halogens is 1. The highest BCUT2D eigenvalue weighted by atomic mass is 19.1. The predicted octanol–water partition coefficient (Wildman–Crippen LogP) is 3.09. The molecule has 0 saturated heterocycles. The first-order chi connectivity index (χ1) is 9.65. The molecule has 2 rings (SSSR count). The highest BCUT2D eigenvalue weighted by molar-refractivity contribution is 5.74. The number of amides is 2. The fraction of sp³-hybridized carbons (Fsp3) is 0.533. The molecule has 5 heteroatoms. The van der Waals surface area contributed by atoms with Gasteiger partial charge in [-0.1, -0.05) is 0 Å². The maximum Gasteiger partial charge on any atom is 0.317 e. The Bertz CT molecular complexity index is 475. The number of hydrogen-bond donors (Lipinski definition) is 1. The number of fused-ring (bicyclic) bond motifs is 1. The molecule has 0 aromatic heterocycles. The molecule has 1 aromatic rings. The highest BCUT2D eigenvalue weighted by Crippen LogP contribution is 2.32. The number of nitrogens with one attached hydrogen (secondary N) is 1. The minimum Gasteiger partial charge on any atom is -0.493 e. The summed E-state index contributed by atoms with van der Waals surface area (Å²) in [4.78, 5) is 13.9. The largest absolute Gasteiger partial charge is 0.493 e. The number of hydrogen-bond acceptors (Lipinski definition) is 2. The second-order valence-electron chi connectivity index (χ2n) is 4.85. The first kappa shape index (κ1) is 14.6. The Morgan fingerprint density at radius 2 is 2.20 bits per heavy atom. The molecule has 0 bridgehead atoms. The topological polar surface area (TPSA) is 41.6 Å². The number of carbonyl (C=O) groups is 1. The van der Waals surface area contributed by atoms with Crippen LogP contribution in [0.3, 0.4) is 0 Å². The molecule has 0 spiro atoms. The standard InChI is InChI=1S/C15H21FN2O2/c1-3-18(4-2)15(19)17-13-6-5-9-20-14-8-7-11(16)10-12(13)14/h7-8,10,13H,3-6,9H2,1-2H3,(H,17,19). The fourth-order valence-electron chi connectivity index (χ4n) is 2.45. The third kappa shape index (κ3) is 3.21. The lowest BCUT2D eigenvalue weighted by atomic mass is 10.0. The lowest BCUT2D eigenvalue weighted by molar-refractivity contribution is 0.198. The third-order valence-electron chi connectivity index (χ3n) is 3.59. The molecule has 0 fully saturated rings. The van der Waals surface area contributed by atoms with Gasteiger partial charge in [0.25, 0.3) is 0 Å². The molecule has 0 radical (unpaired) electrons. The Balaban J connectivity index is 2.20. The summed E-state index contributed by atoms with van der Waals surface area (Å²) < 4.78 is 19.0. The van der Waals surface area contributed by atoms with Crippen LogP contribution in [-0.2, 0) is 0 Å². The second kappa shape index (κ2) is 6.59. The number of urea groups is 1. The first-order valence-electron chi connectivity index (χ1n) is 7.13. The maximum atomic E-state index is 13.5. The van der Waals surface area contributed by atoms with Crippen LogP contribution in [0.1, 0.15) is 38.3 Å². The smallest absolute Gasteiger partial charge is 0.317 e. The SMILES string of the molecule is CCN(CC)C(=O)NC1CCCOc2ccc(F)cc21. The van der Waals surface area contributed by atoms with Gasteiger partial charge in [0.1, 0.15) is 11.6 Å². The Kier molecular flexibility index (Phi) is 4.82. The fourth-order valence-corrected chi connectivity index (χ4v) is 2.45. The van der Waals surface area contributed by atoms with E-state index in [0.29, 0.717) is 25.4 Å². The van der Waals surface area contributed by atoms with Crippen molar-refractivity contribution in [2.75, 3.05) is 19.7 Å². The molecule has 1 heterocycles. The quantitative estimate of drug-likeness (QED) is 0.924. The summed E-state index contributed by atoms with van der Waals surface area (Å²) >= 11 is 0. The molecule has 1 atom stereocenters. The van der Waals surface area contributed by atoms with Gasteiger partial charge in [-0.05, 0) is 44.9 Å². The number of ether oxygens (including phenoxy) is 1. The van der Waals surface area contributed by atoms with Crippen molar-refractivity contribution in [3.63, 3.8) is 0 Å². The predicted molar refractivity (Wildman–Crippen MR) is 75.3 cm³/mol. The number of rotatable bonds is 3. The molecule has 1 aliphatic rings. The normalized spacial score (nSPS) is 17.6. The summed E-state index contributed by atoms with van der Waals surface area (Å²) in [6.45, 7) is 5.78. The van der Waals surface area contributed by atoms with Gasteiger partial charge in [-0.2, -0.15) is 0 Å². The lowest BCUT2D eigenvalue weighted by Gasteiger charge is -2.24. The first-order valence-corrected chi connectivity index (χ1v) is 7.13. The zero-order chi connectivity index (χ0) is 14.5. The molecule has 0 saturated carbocycles. The zero-order valence-corrected chi connectivity index (χ0v) is 12.0. The van der Waals surface area contributed by atoms with Gasteiger partial charge in [0.2, 0.25) is 0 Å². The van der Waals surface area contributed by atoms with Crippen LogP contribution in [0.2, 0.25) is 0 Å². The summed E-state index contributed by atoms with van der Waals surface area (Å²) in [5, 5.41) is 2.98. The van der Waals surface area contributed by atoms with Crippen molar-refractivity contribution in [3.8, 4) is 5.75 Å². The Hall–Kier alpha value is -1.78. The van der Waals surface area contributed by atoms with Gasteiger partial charge in [-0.25, -0.2) is 9.18 Å². The molecular weight excluding hydrogens is 259 g/mol. The van der Waals surface area contributed by atoms with Gasteiger partial charge in [-0.15, -0.1) is 0 Å². The van der Waals surface area contributed by atoms with Crippen LogP contribution in [-0.4, -0.2) is 30.6 Å². The average Bonchev–Trinajstić information content (AvgIpc) is 2.63. The van der Waals surface area contributed by atoms with Crippen molar-refractivity contribution in [2.45, 2.75) is 32.7 Å². The minimum absolute atomic E-state index is 0.114. The molecule has 20 heavy (non-hydrogen) atoms. The molecular formula is C15H21FN2O2. The van der Waals surface area contributed by atoms with Crippen molar-refractivity contribution < 1.29 is 13.9 Å². The van der Waals surface area contributed by atoms with Crippen molar-refractivity contribution >= 4 is 6.03 Å². The van der Waals surface area contributed by atoms with E-state index in [4.69, 9.17) is 4.74 Å². The van der Waals surface area contributed by atoms with Gasteiger partial charge in [0.15, 0.2) is 0 Å². The Labute approximate surface area is 118 Å².